The first-order chi connectivity index (χ1) is 11.4. The molecule has 0 aliphatic carbocycles. The predicted octanol–water partition coefficient (Wildman–Crippen LogP) is 3.99. The molecule has 0 bridgehead atoms. The summed E-state index contributed by atoms with van der Waals surface area (Å²) in [7, 11) is 0. The molecule has 4 nitrogen and oxygen atoms in total. The van der Waals surface area contributed by atoms with Crippen LogP contribution in [0.3, 0.4) is 0 Å². The van der Waals surface area contributed by atoms with E-state index in [-0.39, 0.29) is 5.91 Å². The number of nitrogens with one attached hydrogen (secondary N) is 1. The maximum absolute atomic E-state index is 12.9. The van der Waals surface area contributed by atoms with Crippen LogP contribution in [0.25, 0.3) is 0 Å². The van der Waals surface area contributed by atoms with Crippen molar-refractivity contribution in [3.8, 4) is 11.5 Å². The second-order valence-corrected chi connectivity index (χ2v) is 6.69. The van der Waals surface area contributed by atoms with Gasteiger partial charge in [-0.2, -0.15) is 0 Å². The maximum atomic E-state index is 12.9. The monoisotopic (exact) mass is 325 g/mol. The molecule has 3 rings (SSSR count). The van der Waals surface area contributed by atoms with Crippen molar-refractivity contribution in [1.82, 2.24) is 0 Å². The van der Waals surface area contributed by atoms with Gasteiger partial charge >= 0.3 is 0 Å². The number of carbonyl (C=O) groups is 1. The van der Waals surface area contributed by atoms with Crippen LogP contribution in [0, 0.1) is 13.8 Å². The molecule has 126 valence electrons. The Labute approximate surface area is 142 Å². The van der Waals surface area contributed by atoms with Gasteiger partial charge in [-0.3, -0.25) is 4.79 Å². The van der Waals surface area contributed by atoms with Crippen LogP contribution >= 0.6 is 0 Å². The summed E-state index contributed by atoms with van der Waals surface area (Å²) in [6.45, 7) is 8.98. The zero-order valence-electron chi connectivity index (χ0n) is 14.6. The molecule has 2 aromatic carbocycles. The highest BCUT2D eigenvalue weighted by molar-refractivity contribution is 5.99. The quantitative estimate of drug-likeness (QED) is 0.928. The molecule has 1 heterocycles. The molecular weight excluding hydrogens is 302 g/mol. The van der Waals surface area contributed by atoms with Crippen molar-refractivity contribution in [2.75, 3.05) is 18.5 Å². The number of carbonyl (C=O) groups excluding carboxylic acids is 1. The van der Waals surface area contributed by atoms with Crippen LogP contribution in [0.1, 0.15) is 30.5 Å². The minimum absolute atomic E-state index is 0.0483. The molecule has 0 unspecified atom stereocenters. The molecule has 0 saturated carbocycles. The lowest BCUT2D eigenvalue weighted by molar-refractivity contribution is -0.120. The molecule has 1 amide bonds. The van der Waals surface area contributed by atoms with Gasteiger partial charge < -0.3 is 14.8 Å². The Morgan fingerprint density at radius 3 is 2.50 bits per heavy atom. The summed E-state index contributed by atoms with van der Waals surface area (Å²) >= 11 is 0. The Bertz CT molecular complexity index is 780. The van der Waals surface area contributed by atoms with E-state index in [2.05, 4.69) is 5.32 Å². The molecule has 0 saturated heterocycles. The molecule has 24 heavy (non-hydrogen) atoms. The molecule has 1 aliphatic heterocycles. The molecule has 0 spiro atoms. The smallest absolute Gasteiger partial charge is 0.234 e. The van der Waals surface area contributed by atoms with Gasteiger partial charge in [0.1, 0.15) is 13.2 Å². The van der Waals surface area contributed by atoms with E-state index in [1.807, 2.05) is 64.1 Å². The lowest BCUT2D eigenvalue weighted by atomic mass is 9.83. The van der Waals surface area contributed by atoms with Crippen molar-refractivity contribution < 1.29 is 14.3 Å². The van der Waals surface area contributed by atoms with Gasteiger partial charge in [-0.05, 0) is 62.6 Å². The van der Waals surface area contributed by atoms with E-state index in [0.717, 1.165) is 28.1 Å². The normalized spacial score (nSPS) is 13.5. The van der Waals surface area contributed by atoms with E-state index in [1.54, 1.807) is 0 Å². The topological polar surface area (TPSA) is 47.6 Å². The van der Waals surface area contributed by atoms with Crippen LogP contribution in [0.15, 0.2) is 36.4 Å². The maximum Gasteiger partial charge on any atom is 0.234 e. The van der Waals surface area contributed by atoms with E-state index < -0.39 is 5.41 Å². The number of aryl methyl sites for hydroxylation is 1. The fourth-order valence-corrected chi connectivity index (χ4v) is 2.73. The Morgan fingerprint density at radius 2 is 1.75 bits per heavy atom. The number of hydrogen-bond acceptors (Lipinski definition) is 3. The van der Waals surface area contributed by atoms with E-state index in [0.29, 0.717) is 19.0 Å². The molecule has 1 aliphatic rings. The van der Waals surface area contributed by atoms with Gasteiger partial charge in [-0.15, -0.1) is 0 Å². The van der Waals surface area contributed by atoms with Gasteiger partial charge in [0.05, 0.1) is 5.41 Å². The third-order valence-corrected chi connectivity index (χ3v) is 4.68. The zero-order chi connectivity index (χ0) is 17.3. The average molecular weight is 325 g/mol. The Kier molecular flexibility index (Phi) is 4.22. The number of fused-ring (bicyclic) bond motifs is 1. The minimum atomic E-state index is -0.688. The highest BCUT2D eigenvalue weighted by atomic mass is 16.6. The van der Waals surface area contributed by atoms with Gasteiger partial charge in [-0.25, -0.2) is 0 Å². The molecule has 4 heteroatoms. The molecule has 0 aromatic heterocycles. The molecule has 0 fully saturated rings. The molecule has 0 radical (unpaired) electrons. The largest absolute Gasteiger partial charge is 0.486 e. The number of anilines is 1. The Hall–Kier alpha value is -2.49. The summed E-state index contributed by atoms with van der Waals surface area (Å²) in [5, 5.41) is 3.06. The molecule has 1 N–H and O–H groups in total. The third kappa shape index (κ3) is 2.96. The summed E-state index contributed by atoms with van der Waals surface area (Å²) in [5.74, 6) is 1.38. The number of ether oxygens (including phenoxy) is 2. The average Bonchev–Trinajstić information content (AvgIpc) is 2.58. The van der Waals surface area contributed by atoms with E-state index >= 15 is 0 Å². The van der Waals surface area contributed by atoms with Crippen LogP contribution in [0.4, 0.5) is 5.69 Å². The fraction of sp³-hybridized carbons (Fsp3) is 0.350. The van der Waals surface area contributed by atoms with Gasteiger partial charge in [0.2, 0.25) is 5.91 Å². The van der Waals surface area contributed by atoms with Crippen LogP contribution in [0.2, 0.25) is 0 Å². The molecule has 0 atom stereocenters. The summed E-state index contributed by atoms with van der Waals surface area (Å²) in [6.07, 6.45) is 0. The number of amides is 1. The van der Waals surface area contributed by atoms with Crippen LogP contribution in [0.5, 0.6) is 11.5 Å². The summed E-state index contributed by atoms with van der Waals surface area (Å²) in [5.41, 5.74) is 3.31. The van der Waals surface area contributed by atoms with Gasteiger partial charge in [0.25, 0.3) is 0 Å². The Morgan fingerprint density at radius 1 is 1.04 bits per heavy atom. The first kappa shape index (κ1) is 16.4. The van der Waals surface area contributed by atoms with Crippen LogP contribution in [-0.2, 0) is 10.2 Å². The van der Waals surface area contributed by atoms with Gasteiger partial charge in [0, 0.05) is 5.69 Å². The Balaban J connectivity index is 1.86. The lowest BCUT2D eigenvalue weighted by Gasteiger charge is -2.27. The van der Waals surface area contributed by atoms with Gasteiger partial charge in [0.15, 0.2) is 11.5 Å². The minimum Gasteiger partial charge on any atom is -0.486 e. The van der Waals surface area contributed by atoms with E-state index in [1.165, 1.54) is 0 Å². The first-order valence-electron chi connectivity index (χ1n) is 8.17. The summed E-state index contributed by atoms with van der Waals surface area (Å²) in [6, 6.07) is 11.6. The fourth-order valence-electron chi connectivity index (χ4n) is 2.73. The lowest BCUT2D eigenvalue weighted by Crippen LogP contribution is -2.35. The molecule has 2 aromatic rings. The SMILES string of the molecule is Cc1cccc(NC(=O)C(C)(C)c2ccc3c(c2)OCCO3)c1C. The summed E-state index contributed by atoms with van der Waals surface area (Å²) < 4.78 is 11.2. The van der Waals surface area contributed by atoms with Crippen molar-refractivity contribution >= 4 is 11.6 Å². The highest BCUT2D eigenvalue weighted by Gasteiger charge is 2.31. The third-order valence-electron chi connectivity index (χ3n) is 4.68. The van der Waals surface area contributed by atoms with Crippen LogP contribution in [-0.4, -0.2) is 19.1 Å². The number of benzene rings is 2. The second-order valence-electron chi connectivity index (χ2n) is 6.69. The van der Waals surface area contributed by atoms with Crippen LogP contribution < -0.4 is 14.8 Å². The number of hydrogen-bond donors (Lipinski definition) is 1. The molecular formula is C20H23NO3. The van der Waals surface area contributed by atoms with Crippen molar-refractivity contribution in [2.45, 2.75) is 33.1 Å². The van der Waals surface area contributed by atoms with Crippen molar-refractivity contribution in [2.24, 2.45) is 0 Å². The predicted molar refractivity (Wildman–Crippen MR) is 95.0 cm³/mol. The second kappa shape index (κ2) is 6.19. The highest BCUT2D eigenvalue weighted by Crippen LogP contribution is 2.35. The van der Waals surface area contributed by atoms with Crippen molar-refractivity contribution in [3.63, 3.8) is 0 Å². The van der Waals surface area contributed by atoms with E-state index in [4.69, 9.17) is 9.47 Å². The number of rotatable bonds is 3. The summed E-state index contributed by atoms with van der Waals surface area (Å²) in [4.78, 5) is 12.9. The standard InChI is InChI=1S/C20H23NO3/c1-13-6-5-7-16(14(13)2)21-19(22)20(3,4)15-8-9-17-18(12-15)24-11-10-23-17/h5-9,12H,10-11H2,1-4H3,(H,21,22). The first-order valence-corrected chi connectivity index (χ1v) is 8.17. The van der Waals surface area contributed by atoms with Gasteiger partial charge in [-0.1, -0.05) is 18.2 Å². The van der Waals surface area contributed by atoms with Crippen molar-refractivity contribution in [1.29, 1.82) is 0 Å². The zero-order valence-corrected chi connectivity index (χ0v) is 14.6. The van der Waals surface area contributed by atoms with E-state index in [9.17, 15) is 4.79 Å². The van der Waals surface area contributed by atoms with Crippen molar-refractivity contribution in [3.05, 3.63) is 53.1 Å².